The molecular weight excluding hydrogens is 474 g/mol. The minimum Gasteiger partial charge on any atom is -0.396 e. The second-order valence-electron chi connectivity index (χ2n) is 9.55. The number of nitrogens with two attached hydrogens (primary N) is 1. The molecule has 3 aromatic rings. The van der Waals surface area contributed by atoms with Crippen LogP contribution in [0.2, 0.25) is 0 Å². The first-order valence-corrected chi connectivity index (χ1v) is 12.3. The van der Waals surface area contributed by atoms with E-state index in [1.54, 1.807) is 12.1 Å². The van der Waals surface area contributed by atoms with Crippen molar-refractivity contribution in [3.63, 3.8) is 0 Å². The zero-order chi connectivity index (χ0) is 26.5. The van der Waals surface area contributed by atoms with E-state index in [4.69, 9.17) is 11.1 Å². The van der Waals surface area contributed by atoms with Crippen LogP contribution in [0.25, 0.3) is 0 Å². The standard InChI is InChI=1S/C26H31N7O2S/c1-15(12-34)11-29-23-21(22(28)30-14-31-23)19(27)9-7-17-10-18(8-6-16(17)2)32-24(35)25-33-20(13-36-25)26(3,4)5/h6,8,10,13-15,27,34H,11-12H2,1-5H3,(H,32,35)(H3,28,29,30,31)/t15-/m1/s1. The first-order valence-electron chi connectivity index (χ1n) is 11.4. The highest BCUT2D eigenvalue weighted by atomic mass is 32.1. The molecule has 188 valence electrons. The zero-order valence-corrected chi connectivity index (χ0v) is 21.9. The van der Waals surface area contributed by atoms with Crippen molar-refractivity contribution in [2.24, 2.45) is 5.92 Å². The molecular formula is C26H31N7O2S. The molecule has 0 bridgehead atoms. The minimum absolute atomic E-state index is 0.000615. The molecule has 9 nitrogen and oxygen atoms in total. The summed E-state index contributed by atoms with van der Waals surface area (Å²) in [6, 6.07) is 5.42. The Kier molecular flexibility index (Phi) is 8.40. The maximum Gasteiger partial charge on any atom is 0.284 e. The van der Waals surface area contributed by atoms with Gasteiger partial charge >= 0.3 is 0 Å². The van der Waals surface area contributed by atoms with E-state index in [-0.39, 0.29) is 35.4 Å². The Morgan fingerprint density at radius 1 is 1.31 bits per heavy atom. The maximum absolute atomic E-state index is 12.7. The Labute approximate surface area is 215 Å². The number of carbonyl (C=O) groups excluding carboxylic acids is 1. The molecule has 1 amide bonds. The Morgan fingerprint density at radius 2 is 2.06 bits per heavy atom. The van der Waals surface area contributed by atoms with Crippen molar-refractivity contribution < 1.29 is 9.90 Å². The Bertz CT molecular complexity index is 1330. The summed E-state index contributed by atoms with van der Waals surface area (Å²) >= 11 is 1.31. The third-order valence-corrected chi connectivity index (χ3v) is 6.18. The predicted molar refractivity (Wildman–Crippen MR) is 145 cm³/mol. The number of rotatable bonds is 7. The van der Waals surface area contributed by atoms with Crippen LogP contribution in [0.1, 0.15) is 59.9 Å². The van der Waals surface area contributed by atoms with Gasteiger partial charge in [0.25, 0.3) is 5.91 Å². The fourth-order valence-electron chi connectivity index (χ4n) is 3.05. The van der Waals surface area contributed by atoms with Crippen LogP contribution in [0, 0.1) is 30.1 Å². The van der Waals surface area contributed by atoms with Crippen LogP contribution in [0.3, 0.4) is 0 Å². The quantitative estimate of drug-likeness (QED) is 0.242. The topological polar surface area (TPSA) is 150 Å². The number of aryl methyl sites for hydroxylation is 1. The molecule has 1 aromatic carbocycles. The normalized spacial score (nSPS) is 11.8. The molecule has 0 aliphatic heterocycles. The molecule has 0 aliphatic rings. The van der Waals surface area contributed by atoms with E-state index < -0.39 is 0 Å². The number of aliphatic hydroxyl groups excluding tert-OH is 1. The second-order valence-corrected chi connectivity index (χ2v) is 10.4. The number of amides is 1. The largest absolute Gasteiger partial charge is 0.396 e. The van der Waals surface area contributed by atoms with Crippen molar-refractivity contribution in [3.8, 4) is 11.8 Å². The number of aliphatic hydroxyl groups is 1. The molecule has 10 heteroatoms. The molecule has 0 fully saturated rings. The number of hydrogen-bond donors (Lipinski definition) is 5. The third kappa shape index (κ3) is 6.65. The fourth-order valence-corrected chi connectivity index (χ4v) is 3.99. The zero-order valence-electron chi connectivity index (χ0n) is 21.1. The van der Waals surface area contributed by atoms with Gasteiger partial charge in [-0.3, -0.25) is 10.2 Å². The summed E-state index contributed by atoms with van der Waals surface area (Å²) in [5, 5.41) is 26.0. The summed E-state index contributed by atoms with van der Waals surface area (Å²) in [6.45, 7) is 10.4. The van der Waals surface area contributed by atoms with Crippen LogP contribution in [0.4, 0.5) is 17.3 Å². The van der Waals surface area contributed by atoms with Gasteiger partial charge in [-0.1, -0.05) is 39.7 Å². The van der Waals surface area contributed by atoms with E-state index in [1.165, 1.54) is 17.7 Å². The van der Waals surface area contributed by atoms with Crippen molar-refractivity contribution in [1.82, 2.24) is 15.0 Å². The van der Waals surface area contributed by atoms with Gasteiger partial charge in [0.1, 0.15) is 23.7 Å². The molecule has 2 heterocycles. The van der Waals surface area contributed by atoms with E-state index in [0.29, 0.717) is 34.2 Å². The molecule has 0 radical (unpaired) electrons. The average molecular weight is 506 g/mol. The SMILES string of the molecule is Cc1ccc(NC(=O)c2nc(C(C)(C)C)cs2)cc1C#CC(=N)c1c(N)ncnc1NC[C@@H](C)CO. The second kappa shape index (κ2) is 11.3. The molecule has 0 unspecified atom stereocenters. The Hall–Kier alpha value is -3.81. The van der Waals surface area contributed by atoms with Crippen LogP contribution in [-0.4, -0.2) is 44.8 Å². The van der Waals surface area contributed by atoms with Crippen molar-refractivity contribution in [2.75, 3.05) is 29.5 Å². The first kappa shape index (κ1) is 26.8. The number of aromatic nitrogens is 3. The number of anilines is 3. The van der Waals surface area contributed by atoms with E-state index in [0.717, 1.165) is 11.3 Å². The van der Waals surface area contributed by atoms with Crippen LogP contribution in [-0.2, 0) is 5.41 Å². The maximum atomic E-state index is 12.7. The lowest BCUT2D eigenvalue weighted by molar-refractivity contribution is 0.102. The van der Waals surface area contributed by atoms with Crippen molar-refractivity contribution >= 4 is 40.3 Å². The van der Waals surface area contributed by atoms with Crippen LogP contribution in [0.15, 0.2) is 29.9 Å². The number of nitrogens with zero attached hydrogens (tertiary/aromatic N) is 3. The van der Waals surface area contributed by atoms with Crippen LogP contribution in [0.5, 0.6) is 0 Å². The molecule has 0 saturated carbocycles. The fraction of sp³-hybridized carbons (Fsp3) is 0.346. The summed E-state index contributed by atoms with van der Waals surface area (Å²) < 4.78 is 0. The number of thiazole rings is 1. The lowest BCUT2D eigenvalue weighted by Gasteiger charge is -2.14. The third-order valence-electron chi connectivity index (χ3n) is 5.34. The van der Waals surface area contributed by atoms with E-state index in [2.05, 4.69) is 58.2 Å². The molecule has 36 heavy (non-hydrogen) atoms. The lowest BCUT2D eigenvalue weighted by Crippen LogP contribution is -2.18. The van der Waals surface area contributed by atoms with Crippen LogP contribution >= 0.6 is 11.3 Å². The van der Waals surface area contributed by atoms with E-state index in [1.807, 2.05) is 25.3 Å². The molecule has 3 rings (SSSR count). The number of nitrogens with one attached hydrogen (secondary N) is 3. The van der Waals surface area contributed by atoms with Gasteiger partial charge in [0.2, 0.25) is 0 Å². The van der Waals surface area contributed by atoms with Gasteiger partial charge in [-0.15, -0.1) is 11.3 Å². The van der Waals surface area contributed by atoms with E-state index >= 15 is 0 Å². The monoisotopic (exact) mass is 505 g/mol. The Morgan fingerprint density at radius 3 is 2.72 bits per heavy atom. The van der Waals surface area contributed by atoms with Gasteiger partial charge in [-0.05, 0) is 36.5 Å². The van der Waals surface area contributed by atoms with E-state index in [9.17, 15) is 9.90 Å². The van der Waals surface area contributed by atoms with Crippen molar-refractivity contribution in [2.45, 2.75) is 40.0 Å². The van der Waals surface area contributed by atoms with Gasteiger partial charge < -0.3 is 21.5 Å². The molecule has 6 N–H and O–H groups in total. The van der Waals surface area contributed by atoms with Crippen molar-refractivity contribution in [3.05, 3.63) is 57.3 Å². The van der Waals surface area contributed by atoms with Gasteiger partial charge in [-0.2, -0.15) is 0 Å². The summed E-state index contributed by atoms with van der Waals surface area (Å²) in [5.74, 6) is 6.07. The Balaban J connectivity index is 1.80. The van der Waals surface area contributed by atoms with Crippen molar-refractivity contribution in [1.29, 1.82) is 5.41 Å². The molecule has 1 atom stereocenters. The molecule has 0 saturated heterocycles. The summed E-state index contributed by atoms with van der Waals surface area (Å²) in [4.78, 5) is 25.4. The highest BCUT2D eigenvalue weighted by Gasteiger charge is 2.20. The highest BCUT2D eigenvalue weighted by Crippen LogP contribution is 2.25. The number of nitrogen functional groups attached to an aromatic ring is 1. The number of carbonyl (C=O) groups is 1. The number of benzene rings is 1. The predicted octanol–water partition coefficient (Wildman–Crippen LogP) is 3.83. The van der Waals surface area contributed by atoms with Gasteiger partial charge in [0, 0.05) is 35.2 Å². The van der Waals surface area contributed by atoms with Gasteiger partial charge in [0.15, 0.2) is 5.01 Å². The highest BCUT2D eigenvalue weighted by molar-refractivity contribution is 7.11. The first-order chi connectivity index (χ1) is 17.0. The summed E-state index contributed by atoms with van der Waals surface area (Å²) in [7, 11) is 0. The average Bonchev–Trinajstić information content (AvgIpc) is 3.34. The summed E-state index contributed by atoms with van der Waals surface area (Å²) in [6.07, 6.45) is 1.31. The number of hydrogen-bond acceptors (Lipinski definition) is 9. The van der Waals surface area contributed by atoms with Gasteiger partial charge in [-0.25, -0.2) is 15.0 Å². The van der Waals surface area contributed by atoms with Gasteiger partial charge in [0.05, 0.1) is 11.3 Å². The minimum atomic E-state index is -0.284. The lowest BCUT2D eigenvalue weighted by atomic mass is 9.93. The molecule has 0 aliphatic carbocycles. The summed E-state index contributed by atoms with van der Waals surface area (Å²) in [5.41, 5.74) is 9.15. The smallest absolute Gasteiger partial charge is 0.284 e. The van der Waals surface area contributed by atoms with Crippen LogP contribution < -0.4 is 16.4 Å². The molecule has 2 aromatic heterocycles. The molecule has 0 spiro atoms.